The number of nitrogens with two attached hydrogens (primary N) is 1. The Kier molecular flexibility index (Phi) is 16.0. The first-order chi connectivity index (χ1) is 25.9. The van der Waals surface area contributed by atoms with Gasteiger partial charge < -0.3 is 31.4 Å². The van der Waals surface area contributed by atoms with Gasteiger partial charge in [-0.1, -0.05) is 96.0 Å². The fraction of sp³-hybridized carbons (Fsp3) is 0.405. The van der Waals surface area contributed by atoms with Crippen LogP contribution in [0.5, 0.6) is 0 Å². The summed E-state index contributed by atoms with van der Waals surface area (Å²) in [6.07, 6.45) is 9.78. The maximum Gasteiger partial charge on any atom is 0.405 e. The van der Waals surface area contributed by atoms with E-state index in [1.165, 1.54) is 0 Å². The number of carbonyl (C=O) groups is 4. The summed E-state index contributed by atoms with van der Waals surface area (Å²) in [5.41, 5.74) is 10.2. The number of amides is 4. The Hall–Kier alpha value is -5.23. The highest BCUT2D eigenvalue weighted by Gasteiger charge is 2.23. The fourth-order valence-electron chi connectivity index (χ4n) is 6.12. The van der Waals surface area contributed by atoms with Gasteiger partial charge in [-0.3, -0.25) is 19.7 Å². The molecule has 3 aromatic carbocycles. The van der Waals surface area contributed by atoms with Gasteiger partial charge in [-0.15, -0.1) is 0 Å². The third-order valence-corrected chi connectivity index (χ3v) is 9.38. The van der Waals surface area contributed by atoms with Crippen molar-refractivity contribution in [2.75, 3.05) is 17.2 Å². The molecule has 11 nitrogen and oxygen atoms in total. The lowest BCUT2D eigenvalue weighted by atomic mass is 9.87. The topological polar surface area (TPSA) is 167 Å². The third kappa shape index (κ3) is 14.0. The van der Waals surface area contributed by atoms with Crippen LogP contribution < -0.4 is 27.0 Å². The molecule has 0 saturated carbocycles. The normalized spacial score (nSPS) is 11.8. The minimum absolute atomic E-state index is 0.00682. The van der Waals surface area contributed by atoms with E-state index in [9.17, 15) is 19.2 Å². The number of unbranched alkanes of at least 4 members (excludes halogenated alkanes) is 8. The number of carbonyl (C=O) groups excluding carboxylic acids is 4. The van der Waals surface area contributed by atoms with E-state index in [0.717, 1.165) is 79.8 Å². The first kappa shape index (κ1) is 41.5. The predicted octanol–water partition coefficient (Wildman–Crippen LogP) is 8.25. The largest absolute Gasteiger partial charge is 0.436 e. The van der Waals surface area contributed by atoms with Crippen LogP contribution in [-0.2, 0) is 26.2 Å². The summed E-state index contributed by atoms with van der Waals surface area (Å²) in [5.74, 6) is -0.648. The second-order valence-corrected chi connectivity index (χ2v) is 15.0. The van der Waals surface area contributed by atoms with Crippen LogP contribution in [0.4, 0.5) is 16.2 Å². The van der Waals surface area contributed by atoms with E-state index in [1.807, 2.05) is 42.6 Å². The number of primary amides is 1. The van der Waals surface area contributed by atoms with Gasteiger partial charge in [0.05, 0.1) is 0 Å². The molecule has 0 spiro atoms. The Labute approximate surface area is 323 Å². The van der Waals surface area contributed by atoms with Gasteiger partial charge in [0.15, 0.2) is 11.2 Å². The number of thiocarbonyl (C=S) groups is 1. The number of anilines is 2. The van der Waals surface area contributed by atoms with Crippen LogP contribution in [0.2, 0.25) is 0 Å². The molecule has 54 heavy (non-hydrogen) atoms. The summed E-state index contributed by atoms with van der Waals surface area (Å²) in [6.45, 7) is 6.88. The SMILES string of the molecule is CC(C)(C)c1ccc(C(=O)NC(=S)Nc2ccc(NC(=O)CCCCCCCCCCCNC(=O)C(Cc3c[nH]c4ccccc34)OC(N)=O)cc2)cc1. The summed E-state index contributed by atoms with van der Waals surface area (Å²) in [6, 6.07) is 22.4. The zero-order chi connectivity index (χ0) is 38.9. The molecule has 0 aliphatic heterocycles. The lowest BCUT2D eigenvalue weighted by molar-refractivity contribution is -0.129. The summed E-state index contributed by atoms with van der Waals surface area (Å²) in [5, 5.41) is 12.7. The Morgan fingerprint density at radius 2 is 1.37 bits per heavy atom. The number of aromatic nitrogens is 1. The zero-order valence-electron chi connectivity index (χ0n) is 31.6. The van der Waals surface area contributed by atoms with Crippen LogP contribution in [0, 0.1) is 0 Å². The maximum atomic E-state index is 12.8. The molecule has 12 heteroatoms. The van der Waals surface area contributed by atoms with Gasteiger partial charge in [0.25, 0.3) is 11.8 Å². The van der Waals surface area contributed by atoms with E-state index in [1.54, 1.807) is 36.4 Å². The number of hydrogen-bond donors (Lipinski definition) is 6. The quantitative estimate of drug-likeness (QED) is 0.0414. The van der Waals surface area contributed by atoms with Crippen LogP contribution in [0.1, 0.15) is 106 Å². The second-order valence-electron chi connectivity index (χ2n) is 14.6. The average molecular weight is 755 g/mol. The van der Waals surface area contributed by atoms with Crippen molar-refractivity contribution in [3.63, 3.8) is 0 Å². The Morgan fingerprint density at radius 3 is 2.00 bits per heavy atom. The molecule has 0 bridgehead atoms. The van der Waals surface area contributed by atoms with Gasteiger partial charge in [0.1, 0.15) is 0 Å². The summed E-state index contributed by atoms with van der Waals surface area (Å²) in [4.78, 5) is 52.5. The van der Waals surface area contributed by atoms with Gasteiger partial charge in [-0.05, 0) is 84.1 Å². The molecule has 0 saturated heterocycles. The second kappa shape index (κ2) is 20.9. The van der Waals surface area contributed by atoms with Crippen LogP contribution in [0.3, 0.4) is 0 Å². The van der Waals surface area contributed by atoms with Crippen molar-refractivity contribution in [2.45, 2.75) is 103 Å². The maximum absolute atomic E-state index is 12.8. The number of fused-ring (bicyclic) bond motifs is 1. The van der Waals surface area contributed by atoms with Gasteiger partial charge >= 0.3 is 6.09 Å². The molecule has 4 aromatic rings. The average Bonchev–Trinajstić information content (AvgIpc) is 3.54. The van der Waals surface area contributed by atoms with Crippen molar-refractivity contribution in [3.05, 3.63) is 95.7 Å². The molecule has 4 rings (SSSR count). The molecular formula is C42H54N6O5S. The van der Waals surface area contributed by atoms with Crippen molar-refractivity contribution >= 4 is 63.4 Å². The smallest absolute Gasteiger partial charge is 0.405 e. The number of nitrogens with one attached hydrogen (secondary N) is 5. The molecule has 1 atom stereocenters. The standard InChI is InChI=1S/C42H54N6O5S/c1-42(2,3)31-20-18-29(19-21-31)38(50)48-41(54)47-33-24-22-32(23-25-33)46-37(49)17-11-9-7-5-4-6-8-10-14-26-44-39(51)36(53-40(43)52)27-30-28-45-35-16-13-12-15-34(30)35/h12-13,15-16,18-25,28,36,45H,4-11,14,17,26-27H2,1-3H3,(H2,43,52)(H,44,51)(H,46,49)(H2,47,48,50,54). The Morgan fingerprint density at radius 1 is 0.778 bits per heavy atom. The molecule has 288 valence electrons. The van der Waals surface area contributed by atoms with Crippen molar-refractivity contribution in [1.82, 2.24) is 15.6 Å². The van der Waals surface area contributed by atoms with Crippen molar-refractivity contribution in [2.24, 2.45) is 5.73 Å². The number of hydrogen-bond acceptors (Lipinski definition) is 6. The van der Waals surface area contributed by atoms with E-state index in [2.05, 4.69) is 47.0 Å². The first-order valence-electron chi connectivity index (χ1n) is 18.8. The highest BCUT2D eigenvalue weighted by Crippen LogP contribution is 2.23. The van der Waals surface area contributed by atoms with E-state index in [-0.39, 0.29) is 34.7 Å². The molecule has 7 N–H and O–H groups in total. The molecule has 1 heterocycles. The zero-order valence-corrected chi connectivity index (χ0v) is 32.4. The molecule has 1 aromatic heterocycles. The number of aromatic amines is 1. The minimum atomic E-state index is -0.988. The number of rotatable bonds is 19. The van der Waals surface area contributed by atoms with E-state index >= 15 is 0 Å². The molecule has 0 aliphatic rings. The fourth-order valence-corrected chi connectivity index (χ4v) is 6.33. The van der Waals surface area contributed by atoms with Crippen LogP contribution >= 0.6 is 12.2 Å². The van der Waals surface area contributed by atoms with Gasteiger partial charge in [0, 0.05) is 53.4 Å². The Balaban J connectivity index is 1.00. The first-order valence-corrected chi connectivity index (χ1v) is 19.2. The van der Waals surface area contributed by atoms with Gasteiger partial charge in [-0.2, -0.15) is 0 Å². The number of benzene rings is 3. The summed E-state index contributed by atoms with van der Waals surface area (Å²) >= 11 is 5.32. The van der Waals surface area contributed by atoms with E-state index < -0.39 is 12.2 Å². The van der Waals surface area contributed by atoms with Crippen molar-refractivity contribution < 1.29 is 23.9 Å². The third-order valence-electron chi connectivity index (χ3n) is 9.18. The molecule has 0 aliphatic carbocycles. The van der Waals surface area contributed by atoms with Crippen LogP contribution in [0.25, 0.3) is 10.9 Å². The van der Waals surface area contributed by atoms with Crippen LogP contribution in [-0.4, -0.2) is 46.6 Å². The van der Waals surface area contributed by atoms with Gasteiger partial charge in [-0.25, -0.2) is 4.79 Å². The molecule has 1 unspecified atom stereocenters. The van der Waals surface area contributed by atoms with E-state index in [4.69, 9.17) is 22.7 Å². The number of para-hydroxylation sites is 1. The summed E-state index contributed by atoms with van der Waals surface area (Å²) < 4.78 is 5.14. The number of ether oxygens (including phenoxy) is 1. The number of H-pyrrole nitrogens is 1. The summed E-state index contributed by atoms with van der Waals surface area (Å²) in [7, 11) is 0. The highest BCUT2D eigenvalue weighted by atomic mass is 32.1. The monoisotopic (exact) mass is 754 g/mol. The van der Waals surface area contributed by atoms with E-state index in [0.29, 0.717) is 29.9 Å². The molecule has 0 radical (unpaired) electrons. The molecule has 4 amide bonds. The molecule has 0 fully saturated rings. The van der Waals surface area contributed by atoms with Gasteiger partial charge in [0.2, 0.25) is 5.91 Å². The highest BCUT2D eigenvalue weighted by molar-refractivity contribution is 7.80. The van der Waals surface area contributed by atoms with Crippen molar-refractivity contribution in [3.8, 4) is 0 Å². The van der Waals surface area contributed by atoms with Crippen LogP contribution in [0.15, 0.2) is 79.0 Å². The minimum Gasteiger partial charge on any atom is -0.436 e. The van der Waals surface area contributed by atoms with Crippen molar-refractivity contribution in [1.29, 1.82) is 0 Å². The Bertz CT molecular complexity index is 1850. The molecular weight excluding hydrogens is 701 g/mol. The predicted molar refractivity (Wildman–Crippen MR) is 220 cm³/mol. The lowest BCUT2D eigenvalue weighted by Gasteiger charge is -2.19. The lowest BCUT2D eigenvalue weighted by Crippen LogP contribution is -2.40.